The first-order chi connectivity index (χ1) is 18.9. The predicted octanol–water partition coefficient (Wildman–Crippen LogP) is 6.91. The number of amides is 1. The second-order valence-electron chi connectivity index (χ2n) is 8.60. The van der Waals surface area contributed by atoms with Crippen LogP contribution < -0.4 is 24.8 Å². The maximum Gasteiger partial charge on any atom is 0.230 e. The Morgan fingerprint density at radius 3 is 2.44 bits per heavy atom. The zero-order chi connectivity index (χ0) is 27.4. The smallest absolute Gasteiger partial charge is 0.230 e. The summed E-state index contributed by atoms with van der Waals surface area (Å²) in [7, 11) is 3.14. The lowest BCUT2D eigenvalue weighted by Crippen LogP contribution is -2.35. The van der Waals surface area contributed by atoms with Gasteiger partial charge < -0.3 is 24.8 Å². The van der Waals surface area contributed by atoms with E-state index in [1.165, 1.54) is 0 Å². The molecule has 39 heavy (non-hydrogen) atoms. The highest BCUT2D eigenvalue weighted by Crippen LogP contribution is 2.38. The van der Waals surface area contributed by atoms with Crippen molar-refractivity contribution in [1.82, 2.24) is 10.3 Å². The number of pyridine rings is 1. The maximum absolute atomic E-state index is 12.7. The van der Waals surface area contributed by atoms with Gasteiger partial charge in [0.05, 0.1) is 31.2 Å². The van der Waals surface area contributed by atoms with E-state index in [1.807, 2.05) is 42.5 Å². The van der Waals surface area contributed by atoms with Crippen molar-refractivity contribution in [1.29, 1.82) is 0 Å². The van der Waals surface area contributed by atoms with Crippen LogP contribution >= 0.6 is 23.8 Å². The van der Waals surface area contributed by atoms with Gasteiger partial charge >= 0.3 is 0 Å². The Bertz CT molecular complexity index is 1700. The van der Waals surface area contributed by atoms with Crippen LogP contribution in [0.3, 0.4) is 0 Å². The molecule has 0 aliphatic carbocycles. The molecule has 4 aromatic carbocycles. The summed E-state index contributed by atoms with van der Waals surface area (Å²) in [6, 6.07) is 24.3. The van der Waals surface area contributed by atoms with Crippen LogP contribution in [-0.4, -0.2) is 30.2 Å². The largest absolute Gasteiger partial charge is 0.493 e. The van der Waals surface area contributed by atoms with Crippen molar-refractivity contribution in [2.24, 2.45) is 0 Å². The molecule has 196 valence electrons. The molecule has 1 aromatic heterocycles. The molecule has 2 N–H and O–H groups in total. The number of aromatic nitrogens is 1. The summed E-state index contributed by atoms with van der Waals surface area (Å²) in [4.78, 5) is 17.1. The van der Waals surface area contributed by atoms with E-state index in [9.17, 15) is 4.79 Å². The van der Waals surface area contributed by atoms with Crippen molar-refractivity contribution in [3.8, 4) is 23.0 Å². The van der Waals surface area contributed by atoms with Crippen LogP contribution in [0.2, 0.25) is 5.02 Å². The van der Waals surface area contributed by atoms with Gasteiger partial charge in [0, 0.05) is 23.3 Å². The molecule has 5 aromatic rings. The first-order valence-corrected chi connectivity index (χ1v) is 12.8. The van der Waals surface area contributed by atoms with E-state index in [0.29, 0.717) is 39.2 Å². The molecule has 0 spiro atoms. The number of carbonyl (C=O) groups excluding carboxylic acids is 1. The molecule has 7 nitrogen and oxygen atoms in total. The normalized spacial score (nSPS) is 10.7. The number of hydrogen-bond acceptors (Lipinski definition) is 6. The first kappa shape index (κ1) is 26.2. The molecule has 0 aliphatic rings. The molecule has 1 amide bonds. The molecule has 1 heterocycles. The number of nitrogens with zero attached hydrogens (tertiary/aromatic N) is 1. The number of fused-ring (bicyclic) bond motifs is 2. The third-order valence-electron chi connectivity index (χ3n) is 6.10. The summed E-state index contributed by atoms with van der Waals surface area (Å²) in [5.74, 6) is 1.91. The lowest BCUT2D eigenvalue weighted by molar-refractivity contribution is -0.119. The Hall–Kier alpha value is -4.40. The lowest BCUT2D eigenvalue weighted by atomic mass is 10.0. The summed E-state index contributed by atoms with van der Waals surface area (Å²) in [5, 5.41) is 9.13. The summed E-state index contributed by atoms with van der Waals surface area (Å²) in [6.07, 6.45) is 1.85. The zero-order valence-electron chi connectivity index (χ0n) is 21.2. The van der Waals surface area contributed by atoms with E-state index < -0.39 is 0 Å². The molecule has 5 rings (SSSR count). The second kappa shape index (κ2) is 11.6. The van der Waals surface area contributed by atoms with Crippen molar-refractivity contribution in [3.05, 3.63) is 95.6 Å². The number of benzene rings is 4. The summed E-state index contributed by atoms with van der Waals surface area (Å²) >= 11 is 11.9. The van der Waals surface area contributed by atoms with E-state index in [4.69, 9.17) is 38.0 Å². The van der Waals surface area contributed by atoms with Crippen LogP contribution in [0.1, 0.15) is 5.56 Å². The standard InChI is InChI=1S/C30H24ClN3O4S/c1-36-27-16-22-24(17-28(27)37-2)32-13-12-25(22)38-26-11-10-20(15-23(26)31)33-30(39)34-29(35)14-19-8-5-7-18-6-3-4-9-21(18)19/h3-13,15-17H,14H2,1-2H3,(H2,33,34,35,39). The van der Waals surface area contributed by atoms with E-state index in [-0.39, 0.29) is 17.4 Å². The SMILES string of the molecule is COc1cc2nccc(Oc3ccc(NC(=S)NC(=O)Cc4cccc5ccccc45)cc3Cl)c2cc1OC. The molecule has 0 atom stereocenters. The summed E-state index contributed by atoms with van der Waals surface area (Å²) < 4.78 is 16.9. The fraction of sp³-hybridized carbons (Fsp3) is 0.100. The van der Waals surface area contributed by atoms with E-state index in [1.54, 1.807) is 56.8 Å². The second-order valence-corrected chi connectivity index (χ2v) is 9.41. The third-order valence-corrected chi connectivity index (χ3v) is 6.60. The topological polar surface area (TPSA) is 81.7 Å². The van der Waals surface area contributed by atoms with Gasteiger partial charge in [-0.25, -0.2) is 0 Å². The van der Waals surface area contributed by atoms with Crippen molar-refractivity contribution in [3.63, 3.8) is 0 Å². The van der Waals surface area contributed by atoms with Crippen LogP contribution in [0.25, 0.3) is 21.7 Å². The number of hydrogen-bond donors (Lipinski definition) is 2. The van der Waals surface area contributed by atoms with Crippen molar-refractivity contribution >= 4 is 62.2 Å². The minimum atomic E-state index is -0.216. The number of carbonyl (C=O) groups is 1. The Kier molecular flexibility index (Phi) is 7.76. The highest BCUT2D eigenvalue weighted by Gasteiger charge is 2.14. The molecule has 0 saturated heterocycles. The van der Waals surface area contributed by atoms with Crippen molar-refractivity contribution in [2.45, 2.75) is 6.42 Å². The fourth-order valence-electron chi connectivity index (χ4n) is 4.27. The highest BCUT2D eigenvalue weighted by atomic mass is 35.5. The van der Waals surface area contributed by atoms with Gasteiger partial charge in [0.15, 0.2) is 16.6 Å². The molecule has 0 fully saturated rings. The van der Waals surface area contributed by atoms with Crippen molar-refractivity contribution < 1.29 is 19.0 Å². The fourth-order valence-corrected chi connectivity index (χ4v) is 4.72. The van der Waals surface area contributed by atoms with Gasteiger partial charge in [0.1, 0.15) is 11.5 Å². The van der Waals surface area contributed by atoms with Gasteiger partial charge in [-0.3, -0.25) is 9.78 Å². The first-order valence-electron chi connectivity index (χ1n) is 12.0. The minimum Gasteiger partial charge on any atom is -0.493 e. The van der Waals surface area contributed by atoms with E-state index in [0.717, 1.165) is 21.7 Å². The summed E-state index contributed by atoms with van der Waals surface area (Å²) in [6.45, 7) is 0. The quantitative estimate of drug-likeness (QED) is 0.210. The Morgan fingerprint density at radius 1 is 0.872 bits per heavy atom. The molecule has 0 aliphatic heterocycles. The zero-order valence-corrected chi connectivity index (χ0v) is 22.7. The molecular weight excluding hydrogens is 534 g/mol. The number of rotatable bonds is 7. The molecule has 0 bridgehead atoms. The number of anilines is 1. The maximum atomic E-state index is 12.7. The number of ether oxygens (including phenoxy) is 3. The number of halogens is 1. The number of methoxy groups -OCH3 is 2. The molecule has 0 radical (unpaired) electrons. The Balaban J connectivity index is 1.26. The van der Waals surface area contributed by atoms with Gasteiger partial charge in [-0.1, -0.05) is 54.1 Å². The van der Waals surface area contributed by atoms with Crippen molar-refractivity contribution in [2.75, 3.05) is 19.5 Å². The van der Waals surface area contributed by atoms with Gasteiger partial charge in [0.2, 0.25) is 5.91 Å². The average Bonchev–Trinajstić information content (AvgIpc) is 2.94. The van der Waals surface area contributed by atoms with E-state index in [2.05, 4.69) is 15.6 Å². The molecule has 0 saturated carbocycles. The van der Waals surface area contributed by atoms with Gasteiger partial charge in [-0.2, -0.15) is 0 Å². The van der Waals surface area contributed by atoms with Gasteiger partial charge in [0.25, 0.3) is 0 Å². The molecule has 9 heteroatoms. The van der Waals surface area contributed by atoms with Gasteiger partial charge in [-0.05, 0) is 58.9 Å². The van der Waals surface area contributed by atoms with Crippen LogP contribution in [-0.2, 0) is 11.2 Å². The Morgan fingerprint density at radius 2 is 1.64 bits per heavy atom. The number of thiocarbonyl (C=S) groups is 1. The molecule has 0 unspecified atom stereocenters. The van der Waals surface area contributed by atoms with Crippen LogP contribution in [0.5, 0.6) is 23.0 Å². The highest BCUT2D eigenvalue weighted by molar-refractivity contribution is 7.80. The molecular formula is C30H24ClN3O4S. The van der Waals surface area contributed by atoms with Crippen LogP contribution in [0, 0.1) is 0 Å². The predicted molar refractivity (Wildman–Crippen MR) is 158 cm³/mol. The van der Waals surface area contributed by atoms with Crippen LogP contribution in [0.4, 0.5) is 5.69 Å². The average molecular weight is 558 g/mol. The monoisotopic (exact) mass is 557 g/mol. The number of nitrogens with one attached hydrogen (secondary N) is 2. The Labute approximate surface area is 235 Å². The lowest BCUT2D eigenvalue weighted by Gasteiger charge is -2.14. The van der Waals surface area contributed by atoms with E-state index >= 15 is 0 Å². The minimum absolute atomic E-state index is 0.172. The third kappa shape index (κ3) is 5.87. The van der Waals surface area contributed by atoms with Gasteiger partial charge in [-0.15, -0.1) is 0 Å². The van der Waals surface area contributed by atoms with Crippen LogP contribution in [0.15, 0.2) is 85.1 Å². The summed E-state index contributed by atoms with van der Waals surface area (Å²) in [5.41, 5.74) is 2.22.